The Kier molecular flexibility index (Phi) is 5.33. The molecular formula is C18H22N4O2S. The van der Waals surface area contributed by atoms with Crippen molar-refractivity contribution < 1.29 is 9.63 Å². The maximum atomic E-state index is 12.6. The molecule has 1 aliphatic heterocycles. The number of nitrogens with zero attached hydrogens (tertiary/aromatic N) is 3. The number of benzene rings is 1. The molecule has 1 aromatic carbocycles. The maximum absolute atomic E-state index is 12.6. The zero-order valence-corrected chi connectivity index (χ0v) is 15.3. The SMILES string of the molecule is Cc1csc(CC(N)=NOCC(=O)N2c3ccccc3CCC2C)n1. The van der Waals surface area contributed by atoms with E-state index in [1.165, 1.54) is 16.9 Å². The molecule has 0 saturated heterocycles. The fourth-order valence-corrected chi connectivity index (χ4v) is 3.77. The van der Waals surface area contributed by atoms with Crippen LogP contribution in [0.4, 0.5) is 5.69 Å². The lowest BCUT2D eigenvalue weighted by Crippen LogP contribution is -2.43. The highest BCUT2D eigenvalue weighted by atomic mass is 32.1. The molecule has 1 unspecified atom stereocenters. The van der Waals surface area contributed by atoms with Gasteiger partial charge in [0, 0.05) is 22.8 Å². The molecule has 1 atom stereocenters. The van der Waals surface area contributed by atoms with Gasteiger partial charge >= 0.3 is 0 Å². The largest absolute Gasteiger partial charge is 0.384 e. The van der Waals surface area contributed by atoms with E-state index in [1.807, 2.05) is 30.5 Å². The first kappa shape index (κ1) is 17.4. The average Bonchev–Trinajstić information content (AvgIpc) is 2.99. The van der Waals surface area contributed by atoms with E-state index in [-0.39, 0.29) is 18.6 Å². The van der Waals surface area contributed by atoms with Gasteiger partial charge in [-0.1, -0.05) is 23.4 Å². The van der Waals surface area contributed by atoms with Crippen LogP contribution in [0.1, 0.15) is 29.6 Å². The third-order valence-electron chi connectivity index (χ3n) is 4.16. The highest BCUT2D eigenvalue weighted by Crippen LogP contribution is 2.30. The van der Waals surface area contributed by atoms with Gasteiger partial charge in [-0.05, 0) is 38.3 Å². The first-order chi connectivity index (χ1) is 12.0. The van der Waals surface area contributed by atoms with E-state index in [2.05, 4.69) is 23.1 Å². The normalized spacial score (nSPS) is 17.3. The zero-order valence-electron chi connectivity index (χ0n) is 14.4. The fourth-order valence-electron chi connectivity index (χ4n) is 2.98. The predicted molar refractivity (Wildman–Crippen MR) is 99.8 cm³/mol. The first-order valence-corrected chi connectivity index (χ1v) is 9.18. The second-order valence-corrected chi connectivity index (χ2v) is 7.14. The summed E-state index contributed by atoms with van der Waals surface area (Å²) in [6.07, 6.45) is 2.35. The number of hydrogen-bond donors (Lipinski definition) is 1. The predicted octanol–water partition coefficient (Wildman–Crippen LogP) is 2.65. The van der Waals surface area contributed by atoms with Crippen LogP contribution < -0.4 is 10.6 Å². The van der Waals surface area contributed by atoms with Crippen molar-refractivity contribution in [2.45, 2.75) is 39.2 Å². The minimum Gasteiger partial charge on any atom is -0.384 e. The number of fused-ring (bicyclic) bond motifs is 1. The Morgan fingerprint density at radius 2 is 2.28 bits per heavy atom. The van der Waals surface area contributed by atoms with Crippen LogP contribution in [0.2, 0.25) is 0 Å². The summed E-state index contributed by atoms with van der Waals surface area (Å²) in [6, 6.07) is 8.13. The number of rotatable bonds is 5. The van der Waals surface area contributed by atoms with Crippen LogP contribution in [0.15, 0.2) is 34.8 Å². The summed E-state index contributed by atoms with van der Waals surface area (Å²) < 4.78 is 0. The smallest absolute Gasteiger partial charge is 0.268 e. The van der Waals surface area contributed by atoms with Gasteiger partial charge in [0.2, 0.25) is 0 Å². The molecule has 7 heteroatoms. The Hall–Kier alpha value is -2.41. The van der Waals surface area contributed by atoms with Crippen molar-refractivity contribution in [1.29, 1.82) is 0 Å². The number of oxime groups is 1. The van der Waals surface area contributed by atoms with E-state index < -0.39 is 0 Å². The molecule has 6 nitrogen and oxygen atoms in total. The number of hydrogen-bond acceptors (Lipinski definition) is 5. The van der Waals surface area contributed by atoms with Crippen LogP contribution >= 0.6 is 11.3 Å². The summed E-state index contributed by atoms with van der Waals surface area (Å²) in [6.45, 7) is 3.85. The van der Waals surface area contributed by atoms with Crippen molar-refractivity contribution in [2.75, 3.05) is 11.5 Å². The quantitative estimate of drug-likeness (QED) is 0.506. The van der Waals surface area contributed by atoms with Crippen molar-refractivity contribution in [3.05, 3.63) is 45.9 Å². The molecule has 0 aliphatic carbocycles. The number of amides is 1. The Morgan fingerprint density at radius 3 is 3.04 bits per heavy atom. The van der Waals surface area contributed by atoms with E-state index in [4.69, 9.17) is 10.6 Å². The van der Waals surface area contributed by atoms with Crippen LogP contribution in [0.3, 0.4) is 0 Å². The highest BCUT2D eigenvalue weighted by molar-refractivity contribution is 7.09. The van der Waals surface area contributed by atoms with E-state index in [1.54, 1.807) is 4.90 Å². The summed E-state index contributed by atoms with van der Waals surface area (Å²) in [7, 11) is 0. The Bertz CT molecular complexity index is 787. The van der Waals surface area contributed by atoms with Crippen molar-refractivity contribution in [2.24, 2.45) is 10.9 Å². The molecule has 0 radical (unpaired) electrons. The fraction of sp³-hybridized carbons (Fsp3) is 0.389. The average molecular weight is 358 g/mol. The molecule has 2 heterocycles. The minimum atomic E-state index is -0.129. The van der Waals surface area contributed by atoms with Crippen molar-refractivity contribution in [3.63, 3.8) is 0 Å². The molecular weight excluding hydrogens is 336 g/mol. The molecule has 0 saturated carbocycles. The summed E-state index contributed by atoms with van der Waals surface area (Å²) >= 11 is 1.53. The number of aromatic nitrogens is 1. The molecule has 2 aromatic rings. The first-order valence-electron chi connectivity index (χ1n) is 8.30. The zero-order chi connectivity index (χ0) is 17.8. The van der Waals surface area contributed by atoms with Gasteiger partial charge in [0.05, 0.1) is 6.42 Å². The molecule has 132 valence electrons. The molecule has 0 fully saturated rings. The van der Waals surface area contributed by atoms with Crippen molar-refractivity contribution >= 4 is 28.8 Å². The maximum Gasteiger partial charge on any atom is 0.268 e. The lowest BCUT2D eigenvalue weighted by atomic mass is 9.96. The topological polar surface area (TPSA) is 80.8 Å². The second-order valence-electron chi connectivity index (χ2n) is 6.20. The number of anilines is 1. The summed E-state index contributed by atoms with van der Waals surface area (Å²) in [5, 5.41) is 6.70. The number of nitrogens with two attached hydrogens (primary N) is 1. The lowest BCUT2D eigenvalue weighted by molar-refractivity contribution is -0.123. The highest BCUT2D eigenvalue weighted by Gasteiger charge is 2.28. The van der Waals surface area contributed by atoms with Gasteiger partial charge in [-0.25, -0.2) is 4.98 Å². The van der Waals surface area contributed by atoms with Crippen LogP contribution in [0.25, 0.3) is 0 Å². The molecule has 25 heavy (non-hydrogen) atoms. The second kappa shape index (κ2) is 7.65. The molecule has 2 N–H and O–H groups in total. The number of thiazole rings is 1. The van der Waals surface area contributed by atoms with E-state index in [0.29, 0.717) is 12.3 Å². The van der Waals surface area contributed by atoms with Crippen LogP contribution in [0, 0.1) is 6.92 Å². The van der Waals surface area contributed by atoms with Crippen molar-refractivity contribution in [1.82, 2.24) is 4.98 Å². The van der Waals surface area contributed by atoms with Gasteiger partial charge in [-0.2, -0.15) is 0 Å². The third kappa shape index (κ3) is 4.17. The molecule has 0 spiro atoms. The number of carbonyl (C=O) groups excluding carboxylic acids is 1. The van der Waals surface area contributed by atoms with Crippen LogP contribution in [0.5, 0.6) is 0 Å². The molecule has 1 aromatic heterocycles. The minimum absolute atomic E-state index is 0.110. The monoisotopic (exact) mass is 358 g/mol. The van der Waals surface area contributed by atoms with E-state index >= 15 is 0 Å². The number of amidine groups is 1. The van der Waals surface area contributed by atoms with Gasteiger partial charge in [-0.3, -0.25) is 4.79 Å². The van der Waals surface area contributed by atoms with Gasteiger partial charge < -0.3 is 15.5 Å². The molecule has 3 rings (SSSR count). The summed E-state index contributed by atoms with van der Waals surface area (Å²) in [5.41, 5.74) is 8.96. The van der Waals surface area contributed by atoms with Gasteiger partial charge in [0.15, 0.2) is 6.61 Å². The van der Waals surface area contributed by atoms with E-state index in [9.17, 15) is 4.79 Å². The van der Waals surface area contributed by atoms with Gasteiger partial charge in [-0.15, -0.1) is 11.3 Å². The number of aryl methyl sites for hydroxylation is 2. The number of carbonyl (C=O) groups is 1. The van der Waals surface area contributed by atoms with Gasteiger partial charge in [0.25, 0.3) is 5.91 Å². The molecule has 1 aliphatic rings. The van der Waals surface area contributed by atoms with Crippen LogP contribution in [-0.2, 0) is 22.5 Å². The Labute approximate surface area is 151 Å². The van der Waals surface area contributed by atoms with Crippen LogP contribution in [-0.4, -0.2) is 29.4 Å². The lowest BCUT2D eigenvalue weighted by Gasteiger charge is -2.34. The third-order valence-corrected chi connectivity index (χ3v) is 5.13. The van der Waals surface area contributed by atoms with Crippen molar-refractivity contribution in [3.8, 4) is 0 Å². The molecule has 1 amide bonds. The summed E-state index contributed by atoms with van der Waals surface area (Å²) in [5.74, 6) is 0.204. The van der Waals surface area contributed by atoms with E-state index in [0.717, 1.165) is 29.2 Å². The molecule has 0 bridgehead atoms. The van der Waals surface area contributed by atoms with Gasteiger partial charge in [0.1, 0.15) is 10.8 Å². The number of para-hydroxylation sites is 1. The Balaban J connectivity index is 1.60. The standard InChI is InChI=1S/C18H22N4O2S/c1-12-11-25-17(20-12)9-16(19)21-24-10-18(23)22-13(2)7-8-14-5-3-4-6-15(14)22/h3-6,11,13H,7-10H2,1-2H3,(H2,19,21). The Morgan fingerprint density at radius 1 is 1.48 bits per heavy atom. The summed E-state index contributed by atoms with van der Waals surface area (Å²) in [4.78, 5) is 23.9.